The summed E-state index contributed by atoms with van der Waals surface area (Å²) >= 11 is 3.46. The number of hydrogen-bond donors (Lipinski definition) is 2. The Morgan fingerprint density at radius 2 is 1.23 bits per heavy atom. The lowest BCUT2D eigenvalue weighted by molar-refractivity contribution is -0.161. The number of nitrogens with one attached hydrogen (secondary N) is 2. The molecule has 3 aromatic rings. The van der Waals surface area contributed by atoms with Gasteiger partial charge in [-0.15, -0.1) is 0 Å². The van der Waals surface area contributed by atoms with Crippen LogP contribution in [-0.2, 0) is 34.2 Å². The highest BCUT2D eigenvalue weighted by molar-refractivity contribution is 9.10. The number of methoxy groups -OCH3 is 2. The maximum Gasteiger partial charge on any atom is 0.331 e. The number of fused-ring (bicyclic) bond motifs is 2. The summed E-state index contributed by atoms with van der Waals surface area (Å²) in [7, 11) is 2.57. The topological polar surface area (TPSA) is 111 Å². The molecule has 0 radical (unpaired) electrons. The Hall–Kier alpha value is -3.66. The second kappa shape index (κ2) is 10.8. The number of benzene rings is 3. The lowest BCUT2D eigenvalue weighted by atomic mass is 9.57. The maximum absolute atomic E-state index is 15.1. The molecule has 222 valence electrons. The Bertz CT molecular complexity index is 1590. The van der Waals surface area contributed by atoms with Gasteiger partial charge in [-0.05, 0) is 42.7 Å². The van der Waals surface area contributed by atoms with Gasteiger partial charge in [0.2, 0.25) is 0 Å². The number of esters is 2. The SMILES string of the molecule is COC(=O)[C@]1(C)N[C@H](c2ccc(Br)cc2)[C@@H]2C(=O)[C@@H]3[C@H](C(=O)[C@@H]21)[C@H](c1ccc(C)cc1)N[C@@]3(C(=O)OC)c1ccccc1. The summed E-state index contributed by atoms with van der Waals surface area (Å²) < 4.78 is 11.5. The zero-order valence-corrected chi connectivity index (χ0v) is 25.9. The van der Waals surface area contributed by atoms with Crippen LogP contribution in [0.4, 0.5) is 0 Å². The highest BCUT2D eigenvalue weighted by Gasteiger charge is 2.74. The van der Waals surface area contributed by atoms with Crippen LogP contribution < -0.4 is 10.6 Å². The van der Waals surface area contributed by atoms with Crippen molar-refractivity contribution in [2.45, 2.75) is 37.0 Å². The van der Waals surface area contributed by atoms with E-state index < -0.39 is 58.8 Å². The number of Topliss-reactive ketones (excluding diaryl/α,β-unsaturated/α-hetero) is 2. The van der Waals surface area contributed by atoms with E-state index in [1.807, 2.05) is 61.5 Å². The van der Waals surface area contributed by atoms with Crippen molar-refractivity contribution in [3.8, 4) is 0 Å². The minimum Gasteiger partial charge on any atom is -0.468 e. The van der Waals surface area contributed by atoms with Gasteiger partial charge in [0.05, 0.1) is 32.0 Å². The van der Waals surface area contributed by atoms with E-state index in [0.29, 0.717) is 5.56 Å². The Kier molecular flexibility index (Phi) is 7.39. The molecule has 1 aliphatic carbocycles. The fourth-order valence-electron chi connectivity index (χ4n) is 7.72. The Morgan fingerprint density at radius 3 is 1.81 bits per heavy atom. The number of halogens is 1. The van der Waals surface area contributed by atoms with Crippen molar-refractivity contribution < 1.29 is 28.7 Å². The van der Waals surface area contributed by atoms with Crippen LogP contribution in [0, 0.1) is 30.6 Å². The number of rotatable bonds is 5. The molecule has 1 saturated carbocycles. The summed E-state index contributed by atoms with van der Waals surface area (Å²) in [6.45, 7) is 3.60. The van der Waals surface area contributed by atoms with Gasteiger partial charge in [-0.3, -0.25) is 25.0 Å². The summed E-state index contributed by atoms with van der Waals surface area (Å²) in [4.78, 5) is 57.5. The summed E-state index contributed by atoms with van der Waals surface area (Å²) in [5, 5.41) is 6.82. The summed E-state index contributed by atoms with van der Waals surface area (Å²) in [6, 6.07) is 22.7. The number of ketones is 2. The van der Waals surface area contributed by atoms with Gasteiger partial charge in [-0.2, -0.15) is 0 Å². The quantitative estimate of drug-likeness (QED) is 0.394. The first-order valence-corrected chi connectivity index (χ1v) is 15.0. The van der Waals surface area contributed by atoms with E-state index in [1.54, 1.807) is 31.2 Å². The van der Waals surface area contributed by atoms with Crippen LogP contribution in [0.5, 0.6) is 0 Å². The van der Waals surface area contributed by atoms with Gasteiger partial charge in [0.25, 0.3) is 0 Å². The molecule has 8 atom stereocenters. The van der Waals surface area contributed by atoms with Crippen LogP contribution >= 0.6 is 15.9 Å². The van der Waals surface area contributed by atoms with Gasteiger partial charge in [-0.25, -0.2) is 4.79 Å². The molecule has 0 aromatic heterocycles. The lowest BCUT2D eigenvalue weighted by Crippen LogP contribution is -2.60. The van der Waals surface area contributed by atoms with Crippen LogP contribution in [0.25, 0.3) is 0 Å². The number of carbonyl (C=O) groups excluding carboxylic acids is 4. The third-order valence-electron chi connectivity index (χ3n) is 9.65. The van der Waals surface area contributed by atoms with Crippen LogP contribution in [0.2, 0.25) is 0 Å². The molecule has 9 heteroatoms. The van der Waals surface area contributed by atoms with Crippen molar-refractivity contribution in [1.29, 1.82) is 0 Å². The molecule has 2 N–H and O–H groups in total. The average Bonchev–Trinajstić information content (AvgIpc) is 3.56. The zero-order valence-electron chi connectivity index (χ0n) is 24.3. The van der Waals surface area contributed by atoms with E-state index in [-0.39, 0.29) is 11.6 Å². The van der Waals surface area contributed by atoms with E-state index in [2.05, 4.69) is 26.6 Å². The first-order chi connectivity index (χ1) is 20.6. The van der Waals surface area contributed by atoms with E-state index in [4.69, 9.17) is 9.47 Å². The number of carbonyl (C=O) groups is 4. The molecule has 0 bridgehead atoms. The molecule has 0 spiro atoms. The maximum atomic E-state index is 15.1. The summed E-state index contributed by atoms with van der Waals surface area (Å²) in [5.74, 6) is -5.83. The third kappa shape index (κ3) is 4.31. The van der Waals surface area contributed by atoms with Crippen molar-refractivity contribution in [2.75, 3.05) is 14.2 Å². The molecule has 0 unspecified atom stereocenters. The van der Waals surface area contributed by atoms with Gasteiger partial charge in [0.1, 0.15) is 17.1 Å². The monoisotopic (exact) mass is 644 g/mol. The highest BCUT2D eigenvalue weighted by atomic mass is 79.9. The van der Waals surface area contributed by atoms with Crippen molar-refractivity contribution in [1.82, 2.24) is 10.6 Å². The van der Waals surface area contributed by atoms with Crippen LogP contribution in [-0.4, -0.2) is 43.3 Å². The molecular weight excluding hydrogens is 612 g/mol. The molecule has 3 aromatic carbocycles. The number of ether oxygens (including phenoxy) is 2. The van der Waals surface area contributed by atoms with Crippen LogP contribution in [0.15, 0.2) is 83.3 Å². The van der Waals surface area contributed by atoms with E-state index in [9.17, 15) is 14.4 Å². The van der Waals surface area contributed by atoms with Gasteiger partial charge < -0.3 is 9.47 Å². The standard InChI is InChI=1S/C34H33BrN2O6/c1-18-10-12-19(13-11-18)28-24-26(34(37-28,32(41)43-4)21-8-6-5-7-9-21)30(39)23-25(29(24)38)33(2,31(40)42-3)36-27(23)20-14-16-22(35)17-15-20/h5-17,23-28,36-37H,1-4H3/t23-,24+,25-,26+,27-,28+,33-,34+/m1/s1. The van der Waals surface area contributed by atoms with E-state index in [1.165, 1.54) is 14.2 Å². The van der Waals surface area contributed by atoms with Crippen molar-refractivity contribution in [3.05, 3.63) is 106 Å². The molecule has 3 aliphatic rings. The fraction of sp³-hybridized carbons (Fsp3) is 0.353. The summed E-state index contributed by atoms with van der Waals surface area (Å²) in [6.07, 6.45) is 0. The van der Waals surface area contributed by atoms with Gasteiger partial charge in [0.15, 0.2) is 5.54 Å². The molecule has 2 saturated heterocycles. The molecule has 2 aliphatic heterocycles. The Labute approximate surface area is 258 Å². The highest BCUT2D eigenvalue weighted by Crippen LogP contribution is 2.59. The second-order valence-electron chi connectivity index (χ2n) is 11.9. The molecular formula is C34H33BrN2O6. The van der Waals surface area contributed by atoms with Crippen LogP contribution in [0.3, 0.4) is 0 Å². The normalized spacial score (nSPS) is 33.0. The Balaban J connectivity index is 1.60. The van der Waals surface area contributed by atoms with E-state index >= 15 is 4.79 Å². The Morgan fingerprint density at radius 1 is 0.721 bits per heavy atom. The predicted octanol–water partition coefficient (Wildman–Crippen LogP) is 4.36. The van der Waals surface area contributed by atoms with Crippen LogP contribution in [0.1, 0.15) is 41.3 Å². The lowest BCUT2D eigenvalue weighted by Gasteiger charge is -2.42. The van der Waals surface area contributed by atoms with Crippen molar-refractivity contribution >= 4 is 39.4 Å². The molecule has 43 heavy (non-hydrogen) atoms. The first kappa shape index (κ1) is 29.4. The van der Waals surface area contributed by atoms with Gasteiger partial charge in [0, 0.05) is 22.5 Å². The number of aryl methyl sites for hydroxylation is 1. The number of hydrogen-bond acceptors (Lipinski definition) is 8. The fourth-order valence-corrected chi connectivity index (χ4v) is 7.98. The van der Waals surface area contributed by atoms with Crippen molar-refractivity contribution in [2.24, 2.45) is 23.7 Å². The smallest absolute Gasteiger partial charge is 0.331 e. The second-order valence-corrected chi connectivity index (χ2v) is 12.8. The zero-order chi connectivity index (χ0) is 30.7. The van der Waals surface area contributed by atoms with Gasteiger partial charge >= 0.3 is 11.9 Å². The molecule has 3 fully saturated rings. The molecule has 2 heterocycles. The van der Waals surface area contributed by atoms with E-state index in [0.717, 1.165) is 21.2 Å². The summed E-state index contributed by atoms with van der Waals surface area (Å²) in [5.41, 5.74) is -0.0412. The largest absolute Gasteiger partial charge is 0.468 e. The third-order valence-corrected chi connectivity index (χ3v) is 10.2. The predicted molar refractivity (Wildman–Crippen MR) is 162 cm³/mol. The molecule has 0 amide bonds. The average molecular weight is 646 g/mol. The minimum absolute atomic E-state index is 0.269. The first-order valence-electron chi connectivity index (χ1n) is 14.3. The van der Waals surface area contributed by atoms with Gasteiger partial charge in [-0.1, -0.05) is 88.2 Å². The van der Waals surface area contributed by atoms with Crippen molar-refractivity contribution in [3.63, 3.8) is 0 Å². The molecule has 6 rings (SSSR count). The minimum atomic E-state index is -1.64. The molecule has 8 nitrogen and oxygen atoms in total.